The Balaban J connectivity index is 1.60. The lowest BCUT2D eigenvalue weighted by Crippen LogP contribution is -2.33. The Morgan fingerprint density at radius 1 is 1.23 bits per heavy atom. The first-order valence-electron chi connectivity index (χ1n) is 8.94. The van der Waals surface area contributed by atoms with Crippen molar-refractivity contribution in [2.45, 2.75) is 44.7 Å². The van der Waals surface area contributed by atoms with E-state index in [0.29, 0.717) is 11.6 Å². The number of carbonyl (C=O) groups is 1. The summed E-state index contributed by atoms with van der Waals surface area (Å²) in [6, 6.07) is 7.91. The smallest absolute Gasteiger partial charge is 0.271 e. The van der Waals surface area contributed by atoms with Crippen LogP contribution >= 0.6 is 11.3 Å². The Kier molecular flexibility index (Phi) is 4.79. The zero-order valence-electron chi connectivity index (χ0n) is 14.6. The lowest BCUT2D eigenvalue weighted by atomic mass is 10.2. The highest BCUT2D eigenvalue weighted by molar-refractivity contribution is 7.17. The first-order chi connectivity index (χ1) is 12.7. The molecule has 1 unspecified atom stereocenters. The molecule has 0 bridgehead atoms. The van der Waals surface area contributed by atoms with Crippen molar-refractivity contribution in [1.82, 2.24) is 20.3 Å². The minimum absolute atomic E-state index is 0.0574. The molecule has 4 rings (SSSR count). The average molecular weight is 367 g/mol. The van der Waals surface area contributed by atoms with Crippen molar-refractivity contribution >= 4 is 33.4 Å². The van der Waals surface area contributed by atoms with Crippen LogP contribution < -0.4 is 10.6 Å². The summed E-state index contributed by atoms with van der Waals surface area (Å²) in [4.78, 5) is 26.2. The van der Waals surface area contributed by atoms with Crippen molar-refractivity contribution in [3.8, 4) is 0 Å². The van der Waals surface area contributed by atoms with Crippen LogP contribution in [-0.4, -0.2) is 26.9 Å². The Hall–Kier alpha value is -2.54. The van der Waals surface area contributed by atoms with Crippen LogP contribution in [0.15, 0.2) is 35.8 Å². The number of aromatic nitrogens is 3. The van der Waals surface area contributed by atoms with Crippen molar-refractivity contribution in [3.63, 3.8) is 0 Å². The van der Waals surface area contributed by atoms with E-state index in [-0.39, 0.29) is 18.0 Å². The van der Waals surface area contributed by atoms with Crippen molar-refractivity contribution < 1.29 is 4.79 Å². The number of anilines is 1. The standard InChI is InChI=1S/C19H21N5OS/c1-12(14-8-4-5-10-20-14)21-19-23-15-9-11-26-17(15)16(24-19)18(25)22-13-6-2-3-7-13/h4-5,8-13H,2-3,6-7H2,1H3,(H,22,25)(H,21,23,24). The topological polar surface area (TPSA) is 79.8 Å². The van der Waals surface area contributed by atoms with E-state index in [1.807, 2.05) is 36.6 Å². The third-order valence-corrected chi connectivity index (χ3v) is 5.60. The number of nitrogens with zero attached hydrogens (tertiary/aromatic N) is 3. The zero-order chi connectivity index (χ0) is 17.9. The van der Waals surface area contributed by atoms with E-state index in [9.17, 15) is 4.79 Å². The Morgan fingerprint density at radius 2 is 2.08 bits per heavy atom. The molecule has 0 radical (unpaired) electrons. The predicted octanol–water partition coefficient (Wildman–Crippen LogP) is 3.93. The Labute approximate surface area is 156 Å². The third kappa shape index (κ3) is 3.53. The van der Waals surface area contributed by atoms with Gasteiger partial charge in [0, 0.05) is 12.2 Å². The maximum Gasteiger partial charge on any atom is 0.271 e. The fourth-order valence-corrected chi connectivity index (χ4v) is 4.12. The molecule has 0 saturated heterocycles. The lowest BCUT2D eigenvalue weighted by molar-refractivity contribution is 0.0935. The van der Waals surface area contributed by atoms with Crippen molar-refractivity contribution in [3.05, 3.63) is 47.2 Å². The van der Waals surface area contributed by atoms with Crippen molar-refractivity contribution in [1.29, 1.82) is 0 Å². The van der Waals surface area contributed by atoms with E-state index in [2.05, 4.69) is 25.6 Å². The molecule has 1 aliphatic rings. The number of fused-ring (bicyclic) bond motifs is 1. The molecule has 1 amide bonds. The maximum absolute atomic E-state index is 12.8. The number of hydrogen-bond acceptors (Lipinski definition) is 6. The van der Waals surface area contributed by atoms with Crippen molar-refractivity contribution in [2.75, 3.05) is 5.32 Å². The first kappa shape index (κ1) is 16.9. The number of nitrogens with one attached hydrogen (secondary N) is 2. The molecule has 0 aromatic carbocycles. The Morgan fingerprint density at radius 3 is 2.85 bits per heavy atom. The van der Waals surface area contributed by atoms with E-state index < -0.39 is 0 Å². The first-order valence-corrected chi connectivity index (χ1v) is 9.82. The SMILES string of the molecule is CC(Nc1nc(C(=O)NC2CCCC2)c2sccc2n1)c1ccccn1. The second-order valence-corrected chi connectivity index (χ2v) is 7.52. The minimum Gasteiger partial charge on any atom is -0.348 e. The summed E-state index contributed by atoms with van der Waals surface area (Å²) in [5.41, 5.74) is 2.14. The van der Waals surface area contributed by atoms with Gasteiger partial charge in [-0.2, -0.15) is 0 Å². The summed E-state index contributed by atoms with van der Waals surface area (Å²) in [6.07, 6.45) is 6.21. The summed E-state index contributed by atoms with van der Waals surface area (Å²) in [5, 5.41) is 8.34. The fourth-order valence-electron chi connectivity index (χ4n) is 3.31. The van der Waals surface area contributed by atoms with E-state index >= 15 is 0 Å². The molecule has 7 heteroatoms. The summed E-state index contributed by atoms with van der Waals surface area (Å²) in [5.74, 6) is 0.339. The summed E-state index contributed by atoms with van der Waals surface area (Å²) in [6.45, 7) is 2.00. The number of carbonyl (C=O) groups excluding carboxylic acids is 1. The predicted molar refractivity (Wildman–Crippen MR) is 103 cm³/mol. The van der Waals surface area contributed by atoms with Gasteiger partial charge in [-0.05, 0) is 43.3 Å². The molecule has 3 aromatic rings. The number of pyridine rings is 1. The summed E-state index contributed by atoms with van der Waals surface area (Å²) in [7, 11) is 0. The highest BCUT2D eigenvalue weighted by Crippen LogP contribution is 2.26. The highest BCUT2D eigenvalue weighted by atomic mass is 32.1. The van der Waals surface area contributed by atoms with Gasteiger partial charge in [0.1, 0.15) is 0 Å². The van der Waals surface area contributed by atoms with Gasteiger partial charge in [-0.3, -0.25) is 9.78 Å². The van der Waals surface area contributed by atoms with Gasteiger partial charge in [-0.15, -0.1) is 11.3 Å². The van der Waals surface area contributed by atoms with E-state index in [1.165, 1.54) is 24.2 Å². The summed E-state index contributed by atoms with van der Waals surface area (Å²) >= 11 is 1.50. The highest BCUT2D eigenvalue weighted by Gasteiger charge is 2.22. The van der Waals surface area contributed by atoms with Crippen LogP contribution in [0.2, 0.25) is 0 Å². The number of amides is 1. The second kappa shape index (κ2) is 7.37. The van der Waals surface area contributed by atoms with Crippen LogP contribution in [0.25, 0.3) is 10.2 Å². The molecule has 2 N–H and O–H groups in total. The van der Waals surface area contributed by atoms with Gasteiger partial charge in [0.2, 0.25) is 5.95 Å². The molecule has 1 atom stereocenters. The van der Waals surface area contributed by atoms with Crippen LogP contribution in [0.1, 0.15) is 54.8 Å². The van der Waals surface area contributed by atoms with Crippen LogP contribution in [0.3, 0.4) is 0 Å². The maximum atomic E-state index is 12.8. The van der Waals surface area contributed by atoms with E-state index in [4.69, 9.17) is 0 Å². The van der Waals surface area contributed by atoms with Crippen LogP contribution in [0.4, 0.5) is 5.95 Å². The van der Waals surface area contributed by atoms with Gasteiger partial charge < -0.3 is 10.6 Å². The molecule has 1 saturated carbocycles. The summed E-state index contributed by atoms with van der Waals surface area (Å²) < 4.78 is 0.830. The molecule has 26 heavy (non-hydrogen) atoms. The van der Waals surface area contributed by atoms with E-state index in [0.717, 1.165) is 28.8 Å². The second-order valence-electron chi connectivity index (χ2n) is 6.61. The van der Waals surface area contributed by atoms with Gasteiger partial charge in [0.05, 0.1) is 22.0 Å². The minimum atomic E-state index is -0.111. The lowest BCUT2D eigenvalue weighted by Gasteiger charge is -2.15. The quantitative estimate of drug-likeness (QED) is 0.714. The third-order valence-electron chi connectivity index (χ3n) is 4.69. The van der Waals surface area contributed by atoms with E-state index in [1.54, 1.807) is 6.20 Å². The molecule has 0 aliphatic heterocycles. The molecular weight excluding hydrogens is 346 g/mol. The van der Waals surface area contributed by atoms with Crippen molar-refractivity contribution in [2.24, 2.45) is 0 Å². The molecule has 134 valence electrons. The molecule has 3 aromatic heterocycles. The molecular formula is C19H21N5OS. The van der Waals surface area contributed by atoms with Gasteiger partial charge in [-0.1, -0.05) is 18.9 Å². The van der Waals surface area contributed by atoms with Gasteiger partial charge >= 0.3 is 0 Å². The molecule has 6 nitrogen and oxygen atoms in total. The zero-order valence-corrected chi connectivity index (χ0v) is 15.4. The van der Waals surface area contributed by atoms with Crippen LogP contribution in [0, 0.1) is 0 Å². The number of rotatable bonds is 5. The monoisotopic (exact) mass is 367 g/mol. The molecule has 1 aliphatic carbocycles. The number of hydrogen-bond donors (Lipinski definition) is 2. The van der Waals surface area contributed by atoms with Gasteiger partial charge in [0.25, 0.3) is 5.91 Å². The average Bonchev–Trinajstić information content (AvgIpc) is 3.33. The number of thiophene rings is 1. The van der Waals surface area contributed by atoms with Crippen LogP contribution in [0.5, 0.6) is 0 Å². The normalized spacial score (nSPS) is 15.9. The van der Waals surface area contributed by atoms with Gasteiger partial charge in [0.15, 0.2) is 5.69 Å². The fraction of sp³-hybridized carbons (Fsp3) is 0.368. The molecule has 1 fully saturated rings. The Bertz CT molecular complexity index is 905. The molecule has 0 spiro atoms. The molecule has 3 heterocycles. The van der Waals surface area contributed by atoms with Gasteiger partial charge in [-0.25, -0.2) is 9.97 Å². The largest absolute Gasteiger partial charge is 0.348 e. The van der Waals surface area contributed by atoms with Crippen LogP contribution in [-0.2, 0) is 0 Å².